The number of aromatic nitrogens is 4. The molecule has 7 rings (SSSR count). The van der Waals surface area contributed by atoms with Crippen LogP contribution in [0, 0.1) is 0 Å². The Hall–Kier alpha value is -1.96. The third-order valence-corrected chi connectivity index (χ3v) is 12.0. The first-order valence-electron chi connectivity index (χ1n) is 13.5. The molecule has 3 aliphatic heterocycles. The second-order valence-electron chi connectivity index (χ2n) is 11.7. The van der Waals surface area contributed by atoms with E-state index in [1.807, 2.05) is 6.07 Å². The fraction of sp³-hybridized carbons (Fsp3) is 0.560. The molecule has 226 valence electrons. The molecule has 1 spiro atoms. The minimum absolute atomic E-state index is 0.0308. The van der Waals surface area contributed by atoms with E-state index in [9.17, 15) is 14.0 Å². The third-order valence-electron chi connectivity index (χ3n) is 8.37. The topological polar surface area (TPSA) is 179 Å². The molecule has 3 unspecified atom stereocenters. The molecule has 3 aromatic rings. The van der Waals surface area contributed by atoms with Gasteiger partial charge in [0.2, 0.25) is 5.28 Å². The van der Waals surface area contributed by atoms with E-state index in [-0.39, 0.29) is 10.7 Å². The van der Waals surface area contributed by atoms with Crippen molar-refractivity contribution in [2.45, 2.75) is 68.9 Å². The van der Waals surface area contributed by atoms with Crippen LogP contribution in [0.5, 0.6) is 0 Å². The number of ether oxygens (including phenoxy) is 3. The Morgan fingerprint density at radius 2 is 1.86 bits per heavy atom. The van der Waals surface area contributed by atoms with Gasteiger partial charge >= 0.3 is 15.2 Å². The normalized spacial score (nSPS) is 29.0. The van der Waals surface area contributed by atoms with Crippen molar-refractivity contribution < 1.29 is 42.5 Å². The van der Waals surface area contributed by atoms with Gasteiger partial charge in [-0.15, -0.1) is 0 Å². The van der Waals surface area contributed by atoms with E-state index in [0.29, 0.717) is 17.0 Å². The first-order chi connectivity index (χ1) is 19.7. The maximum Gasteiger partial charge on any atom is 0.340 e. The zero-order valence-corrected chi connectivity index (χ0v) is 25.3. The van der Waals surface area contributed by atoms with Gasteiger partial charge in [0.1, 0.15) is 18.3 Å². The molecule has 3 N–H and O–H groups in total. The number of imidazole rings is 1. The minimum atomic E-state index is -4.79. The van der Waals surface area contributed by atoms with Crippen molar-refractivity contribution in [2.24, 2.45) is 0 Å². The summed E-state index contributed by atoms with van der Waals surface area (Å²) >= 11 is 6.49. The second-order valence-corrected chi connectivity index (χ2v) is 16.1. The average Bonchev–Trinajstić information content (AvgIpc) is 3.59. The molecule has 1 saturated carbocycles. The predicted octanol–water partition coefficient (Wildman–Crippen LogP) is 3.81. The van der Waals surface area contributed by atoms with Crippen molar-refractivity contribution in [1.82, 2.24) is 19.5 Å². The fourth-order valence-corrected chi connectivity index (χ4v) is 9.31. The summed E-state index contributed by atoms with van der Waals surface area (Å²) in [5.41, 5.74) is 3.36. The van der Waals surface area contributed by atoms with Gasteiger partial charge in [-0.25, -0.2) is 4.98 Å². The van der Waals surface area contributed by atoms with Crippen LogP contribution >= 0.6 is 26.8 Å². The highest BCUT2D eigenvalue weighted by atomic mass is 35.5. The zero-order chi connectivity index (χ0) is 29.7. The van der Waals surface area contributed by atoms with E-state index >= 15 is 0 Å². The van der Waals surface area contributed by atoms with Gasteiger partial charge in [0.05, 0.1) is 12.9 Å². The molecule has 0 amide bonds. The van der Waals surface area contributed by atoms with Crippen LogP contribution in [-0.4, -0.2) is 77.4 Å². The Morgan fingerprint density at radius 3 is 2.57 bits per heavy atom. The number of anilines is 2. The minimum Gasteiger partial charge on any atom is -0.347 e. The third kappa shape index (κ3) is 4.92. The predicted molar refractivity (Wildman–Crippen MR) is 150 cm³/mol. The largest absolute Gasteiger partial charge is 0.347 e. The molecule has 42 heavy (non-hydrogen) atoms. The van der Waals surface area contributed by atoms with Gasteiger partial charge in [0, 0.05) is 17.6 Å². The summed E-state index contributed by atoms with van der Waals surface area (Å²) in [4.78, 5) is 44.2. The number of benzene rings is 1. The highest BCUT2D eigenvalue weighted by molar-refractivity contribution is 7.70. The first-order valence-corrected chi connectivity index (χ1v) is 17.5. The van der Waals surface area contributed by atoms with E-state index in [4.69, 9.17) is 40.1 Å². The molecule has 4 aliphatic rings. The van der Waals surface area contributed by atoms with Gasteiger partial charge in [-0.05, 0) is 49.9 Å². The van der Waals surface area contributed by atoms with Crippen molar-refractivity contribution in [1.29, 1.82) is 0 Å². The molecule has 1 aromatic carbocycles. The van der Waals surface area contributed by atoms with Gasteiger partial charge in [-0.3, -0.25) is 13.7 Å². The molecule has 0 bridgehead atoms. The summed E-state index contributed by atoms with van der Waals surface area (Å²) in [6.45, 7) is 3.75. The lowest BCUT2D eigenvalue weighted by atomic mass is 9.66. The van der Waals surface area contributed by atoms with Gasteiger partial charge in [-0.1, -0.05) is 24.6 Å². The van der Waals surface area contributed by atoms with Crippen LogP contribution in [0.25, 0.3) is 11.2 Å². The Morgan fingerprint density at radius 1 is 1.12 bits per heavy atom. The SMILES string of the molecule is CC1(C)OC2C(O1)[C@@H](COP(=O)(O)CP(=O)(O)O)O[C@H]2n1cnc2c(N3CC4(CCC4)c4ccccc43)nc(Cl)nc21. The van der Waals surface area contributed by atoms with Crippen LogP contribution in [0.2, 0.25) is 5.28 Å². The van der Waals surface area contributed by atoms with Crippen molar-refractivity contribution in [3.05, 3.63) is 41.4 Å². The quantitative estimate of drug-likeness (QED) is 0.251. The standard InChI is InChI=1S/C25H30ClN5O9P2/c1-24(2)39-18-16(10-37-42(35,36)13-41(32,33)34)38-22(19(18)40-24)31-12-27-17-20(28-23(26)29-21(17)31)30-11-25(8-5-9-25)14-6-3-4-7-15(14)30/h3-4,6-7,12,16,18-19,22H,5,8-11,13H2,1-2H3,(H,35,36)(H2,32,33,34)/t16-,18?,19?,22-/m1/s1. The summed E-state index contributed by atoms with van der Waals surface area (Å²) in [7, 11) is -9.41. The summed E-state index contributed by atoms with van der Waals surface area (Å²) in [5, 5.41) is 0.0308. The average molecular weight is 642 g/mol. The molecule has 14 nitrogen and oxygen atoms in total. The van der Waals surface area contributed by atoms with E-state index < -0.39 is 58.0 Å². The van der Waals surface area contributed by atoms with E-state index in [1.54, 1.807) is 24.7 Å². The van der Waals surface area contributed by atoms with Gasteiger partial charge in [0.15, 0.2) is 34.9 Å². The molecule has 1 aliphatic carbocycles. The van der Waals surface area contributed by atoms with Crippen molar-refractivity contribution >= 4 is 49.5 Å². The Kier molecular flexibility index (Phi) is 6.70. The van der Waals surface area contributed by atoms with E-state index in [2.05, 4.69) is 38.1 Å². The molecule has 2 saturated heterocycles. The number of hydrogen-bond acceptors (Lipinski definition) is 10. The number of hydrogen-bond donors (Lipinski definition) is 3. The fourth-order valence-electron chi connectivity index (χ4n) is 6.58. The number of halogens is 1. The smallest absolute Gasteiger partial charge is 0.340 e. The maximum atomic E-state index is 12.3. The number of rotatable bonds is 7. The molecular weight excluding hydrogens is 612 g/mol. The number of para-hydroxylation sites is 1. The molecule has 2 aromatic heterocycles. The summed E-state index contributed by atoms with van der Waals surface area (Å²) in [6.07, 6.45) is 1.78. The van der Waals surface area contributed by atoms with E-state index in [1.165, 1.54) is 12.0 Å². The van der Waals surface area contributed by atoms with Crippen molar-refractivity contribution in [3.8, 4) is 0 Å². The molecule has 3 fully saturated rings. The highest BCUT2D eigenvalue weighted by Crippen LogP contribution is 2.57. The number of nitrogens with zero attached hydrogens (tertiary/aromatic N) is 5. The zero-order valence-electron chi connectivity index (χ0n) is 22.7. The lowest BCUT2D eigenvalue weighted by Crippen LogP contribution is -2.38. The van der Waals surface area contributed by atoms with Gasteiger partial charge in [-0.2, -0.15) is 9.97 Å². The second kappa shape index (κ2) is 9.77. The summed E-state index contributed by atoms with van der Waals surface area (Å²) < 4.78 is 48.8. The lowest BCUT2D eigenvalue weighted by molar-refractivity contribution is -0.199. The van der Waals surface area contributed by atoms with Crippen molar-refractivity contribution in [2.75, 3.05) is 24.0 Å². The molecule has 5 heterocycles. The summed E-state index contributed by atoms with van der Waals surface area (Å²) in [5.74, 6) is -1.73. The highest BCUT2D eigenvalue weighted by Gasteiger charge is 2.57. The molecular formula is C25H30ClN5O9P2. The van der Waals surface area contributed by atoms with Crippen LogP contribution in [0.4, 0.5) is 11.5 Å². The van der Waals surface area contributed by atoms with Crippen LogP contribution in [-0.2, 0) is 33.3 Å². The van der Waals surface area contributed by atoms with Gasteiger partial charge in [0.25, 0.3) is 0 Å². The van der Waals surface area contributed by atoms with Crippen LogP contribution < -0.4 is 4.90 Å². The summed E-state index contributed by atoms with van der Waals surface area (Å²) in [6, 6.07) is 8.31. The molecule has 17 heteroatoms. The monoisotopic (exact) mass is 641 g/mol. The van der Waals surface area contributed by atoms with Crippen molar-refractivity contribution in [3.63, 3.8) is 0 Å². The van der Waals surface area contributed by atoms with E-state index in [0.717, 1.165) is 25.1 Å². The molecule has 0 radical (unpaired) electrons. The molecule has 5 atom stereocenters. The first kappa shape index (κ1) is 28.8. The maximum absolute atomic E-state index is 12.3. The van der Waals surface area contributed by atoms with Crippen LogP contribution in [0.1, 0.15) is 44.9 Å². The van der Waals surface area contributed by atoms with Crippen LogP contribution in [0.15, 0.2) is 30.6 Å². The lowest BCUT2D eigenvalue weighted by Gasteiger charge is -2.39. The van der Waals surface area contributed by atoms with Crippen LogP contribution in [0.3, 0.4) is 0 Å². The Bertz CT molecular complexity index is 1660. The Balaban J connectivity index is 1.22. The van der Waals surface area contributed by atoms with Gasteiger partial charge < -0.3 is 38.3 Å². The Labute approximate surface area is 245 Å². The number of fused-ring (bicyclic) bond motifs is 4.